The lowest BCUT2D eigenvalue weighted by molar-refractivity contribution is -0.120. The molecule has 3 aromatic carbocycles. The molecule has 4 rings (SSSR count). The molecule has 0 aliphatic heterocycles. The van der Waals surface area contributed by atoms with Gasteiger partial charge in [0, 0.05) is 54.0 Å². The van der Waals surface area contributed by atoms with Crippen LogP contribution >= 0.6 is 0 Å². The first-order chi connectivity index (χ1) is 19.2. The zero-order valence-electron chi connectivity index (χ0n) is 22.5. The zero-order chi connectivity index (χ0) is 29.0. The van der Waals surface area contributed by atoms with Crippen LogP contribution in [0.5, 0.6) is 0 Å². The average Bonchev–Trinajstić information content (AvgIpc) is 3.34. The lowest BCUT2D eigenvalue weighted by Gasteiger charge is -2.24. The van der Waals surface area contributed by atoms with E-state index in [0.717, 1.165) is 11.3 Å². The van der Waals surface area contributed by atoms with Crippen molar-refractivity contribution in [2.75, 3.05) is 31.6 Å². The summed E-state index contributed by atoms with van der Waals surface area (Å²) in [5, 5.41) is 15.0. The number of rotatable bonds is 10. The number of furan rings is 1. The van der Waals surface area contributed by atoms with E-state index >= 15 is 0 Å². The van der Waals surface area contributed by atoms with Gasteiger partial charge in [-0.1, -0.05) is 12.1 Å². The molecule has 0 aliphatic carbocycles. The third kappa shape index (κ3) is 5.52. The van der Waals surface area contributed by atoms with Gasteiger partial charge >= 0.3 is 0 Å². The van der Waals surface area contributed by atoms with Gasteiger partial charge < -0.3 is 30.8 Å². The predicted molar refractivity (Wildman–Crippen MR) is 152 cm³/mol. The van der Waals surface area contributed by atoms with Gasteiger partial charge in [-0.25, -0.2) is 4.39 Å². The van der Waals surface area contributed by atoms with Crippen LogP contribution in [-0.2, 0) is 4.79 Å². The first kappa shape index (κ1) is 28.3. The molecule has 0 radical (unpaired) electrons. The highest BCUT2D eigenvalue weighted by atomic mass is 19.1. The van der Waals surface area contributed by atoms with E-state index in [1.165, 1.54) is 19.2 Å². The van der Waals surface area contributed by atoms with Crippen molar-refractivity contribution in [3.8, 4) is 22.5 Å². The second kappa shape index (κ2) is 12.0. The molecule has 40 heavy (non-hydrogen) atoms. The van der Waals surface area contributed by atoms with Gasteiger partial charge in [0.1, 0.15) is 23.2 Å². The van der Waals surface area contributed by atoms with Crippen molar-refractivity contribution in [2.24, 2.45) is 5.73 Å². The summed E-state index contributed by atoms with van der Waals surface area (Å²) >= 11 is 0. The van der Waals surface area contributed by atoms with Gasteiger partial charge in [0.2, 0.25) is 5.91 Å². The van der Waals surface area contributed by atoms with E-state index in [-0.39, 0.29) is 11.5 Å². The second-order valence-corrected chi connectivity index (χ2v) is 9.12. The lowest BCUT2D eigenvalue weighted by atomic mass is 9.96. The molecule has 4 aromatic rings. The summed E-state index contributed by atoms with van der Waals surface area (Å²) in [7, 11) is 1.52. The van der Waals surface area contributed by atoms with Crippen molar-refractivity contribution in [1.29, 1.82) is 0 Å². The average molecular weight is 547 g/mol. The van der Waals surface area contributed by atoms with Gasteiger partial charge in [-0.2, -0.15) is 0 Å². The van der Waals surface area contributed by atoms with Crippen LogP contribution in [-0.4, -0.2) is 55.6 Å². The van der Waals surface area contributed by atoms with Crippen molar-refractivity contribution in [2.45, 2.75) is 19.9 Å². The minimum atomic E-state index is -1.22. The highest BCUT2D eigenvalue weighted by molar-refractivity contribution is 6.13. The van der Waals surface area contributed by atoms with E-state index in [1.807, 2.05) is 32.0 Å². The summed E-state index contributed by atoms with van der Waals surface area (Å²) < 4.78 is 19.9. The van der Waals surface area contributed by atoms with E-state index in [9.17, 15) is 23.9 Å². The van der Waals surface area contributed by atoms with Crippen LogP contribution in [0.3, 0.4) is 0 Å². The first-order valence-corrected chi connectivity index (χ1v) is 12.9. The first-order valence-electron chi connectivity index (χ1n) is 12.9. The van der Waals surface area contributed by atoms with Crippen LogP contribution in [0.15, 0.2) is 65.1 Å². The maximum absolute atomic E-state index is 13.6. The Morgan fingerprint density at radius 2 is 1.70 bits per heavy atom. The highest BCUT2D eigenvalue weighted by Gasteiger charge is 2.25. The van der Waals surface area contributed by atoms with E-state index in [4.69, 9.17) is 10.2 Å². The van der Waals surface area contributed by atoms with Crippen molar-refractivity contribution >= 4 is 34.4 Å². The van der Waals surface area contributed by atoms with Crippen LogP contribution in [0.1, 0.15) is 34.6 Å². The summed E-state index contributed by atoms with van der Waals surface area (Å²) in [6, 6.07) is 15.0. The Morgan fingerprint density at radius 1 is 1.00 bits per heavy atom. The normalized spacial score (nSPS) is 11.7. The highest BCUT2D eigenvalue weighted by Crippen LogP contribution is 2.41. The van der Waals surface area contributed by atoms with Gasteiger partial charge in [0.05, 0.1) is 12.2 Å². The summed E-state index contributed by atoms with van der Waals surface area (Å²) in [5.74, 6) is -1.88. The number of nitrogens with one attached hydrogen (secondary N) is 2. The molecule has 0 fully saturated rings. The SMILES string of the molecule is CCN(CC)c1cc2oc(-c3ccc(F)cc3)c(C(=O)NC)c2cc1-c1cccc(C(=O)N[C@@H](CO)C(N)=O)c1. The minimum Gasteiger partial charge on any atom is -0.455 e. The topological polar surface area (TPSA) is 138 Å². The number of fused-ring (bicyclic) bond motifs is 1. The third-order valence-corrected chi connectivity index (χ3v) is 6.74. The molecule has 0 aliphatic rings. The van der Waals surface area contributed by atoms with E-state index in [1.54, 1.807) is 30.3 Å². The molecule has 10 heteroatoms. The monoisotopic (exact) mass is 546 g/mol. The number of hydrogen-bond donors (Lipinski definition) is 4. The largest absolute Gasteiger partial charge is 0.455 e. The van der Waals surface area contributed by atoms with E-state index < -0.39 is 30.3 Å². The Bertz CT molecular complexity index is 1560. The molecule has 0 unspecified atom stereocenters. The maximum Gasteiger partial charge on any atom is 0.255 e. The number of halogens is 1. The number of nitrogens with zero attached hydrogens (tertiary/aromatic N) is 1. The molecule has 208 valence electrons. The Balaban J connectivity index is 1.93. The number of carbonyl (C=O) groups is 3. The number of aliphatic hydroxyl groups excluding tert-OH is 1. The van der Waals surface area contributed by atoms with Gasteiger partial charge in [-0.3, -0.25) is 14.4 Å². The molecule has 0 spiro atoms. The summed E-state index contributed by atoms with van der Waals surface area (Å²) in [4.78, 5) is 39.6. The zero-order valence-corrected chi connectivity index (χ0v) is 22.5. The molecule has 0 bridgehead atoms. The predicted octanol–water partition coefficient (Wildman–Crippen LogP) is 3.69. The van der Waals surface area contributed by atoms with Gasteiger partial charge in [0.25, 0.3) is 11.8 Å². The van der Waals surface area contributed by atoms with Crippen LogP contribution < -0.4 is 21.3 Å². The quantitative estimate of drug-likeness (QED) is 0.239. The summed E-state index contributed by atoms with van der Waals surface area (Å²) in [5.41, 5.74) is 9.09. The molecule has 9 nitrogen and oxygen atoms in total. The van der Waals surface area contributed by atoms with Crippen molar-refractivity contribution in [3.63, 3.8) is 0 Å². The molecule has 3 amide bonds. The summed E-state index contributed by atoms with van der Waals surface area (Å²) in [6.07, 6.45) is 0. The van der Waals surface area contributed by atoms with Crippen molar-refractivity contribution in [1.82, 2.24) is 10.6 Å². The lowest BCUT2D eigenvalue weighted by Crippen LogP contribution is -2.46. The van der Waals surface area contributed by atoms with E-state index in [2.05, 4.69) is 15.5 Å². The number of hydrogen-bond acceptors (Lipinski definition) is 6. The van der Waals surface area contributed by atoms with Gasteiger partial charge in [-0.05, 0) is 61.9 Å². The summed E-state index contributed by atoms with van der Waals surface area (Å²) in [6.45, 7) is 4.77. The number of amides is 3. The Labute approximate surface area is 230 Å². The molecule has 1 heterocycles. The Kier molecular flexibility index (Phi) is 8.49. The number of carbonyl (C=O) groups excluding carboxylic acids is 3. The van der Waals surface area contributed by atoms with Gasteiger partial charge in [0.15, 0.2) is 0 Å². The van der Waals surface area contributed by atoms with Crippen molar-refractivity contribution < 1.29 is 28.3 Å². The molecular formula is C30H31FN4O5. The maximum atomic E-state index is 13.6. The minimum absolute atomic E-state index is 0.258. The van der Waals surface area contributed by atoms with Gasteiger partial charge in [-0.15, -0.1) is 0 Å². The number of benzene rings is 3. The molecule has 1 aromatic heterocycles. The standard InChI is InChI=1S/C30H31FN4O5/c1-4-35(5-2)24-15-25-22(26(30(39)33-3)27(40-25)17-9-11-20(31)12-10-17)14-21(24)18-7-6-8-19(13-18)29(38)34-23(16-36)28(32)37/h6-15,23,36H,4-5,16H2,1-3H3,(H2,32,37)(H,33,39)(H,34,38)/t23-/m0/s1. The molecule has 5 N–H and O–H groups in total. The molecule has 0 saturated carbocycles. The fourth-order valence-corrected chi connectivity index (χ4v) is 4.62. The molecule has 1 atom stereocenters. The van der Waals surface area contributed by atoms with Crippen LogP contribution in [0.25, 0.3) is 33.4 Å². The third-order valence-electron chi connectivity index (χ3n) is 6.74. The van der Waals surface area contributed by atoms with Crippen LogP contribution in [0.4, 0.5) is 10.1 Å². The van der Waals surface area contributed by atoms with Crippen LogP contribution in [0.2, 0.25) is 0 Å². The Morgan fingerprint density at radius 3 is 2.30 bits per heavy atom. The number of primary amides is 1. The number of anilines is 1. The van der Waals surface area contributed by atoms with Crippen LogP contribution in [0, 0.1) is 5.82 Å². The Hall–Kier alpha value is -4.70. The smallest absolute Gasteiger partial charge is 0.255 e. The number of nitrogens with two attached hydrogens (primary N) is 1. The second-order valence-electron chi connectivity index (χ2n) is 9.12. The fourth-order valence-electron chi connectivity index (χ4n) is 4.62. The fraction of sp³-hybridized carbons (Fsp3) is 0.233. The van der Waals surface area contributed by atoms with Crippen molar-refractivity contribution in [3.05, 3.63) is 77.6 Å². The van der Waals surface area contributed by atoms with E-state index in [0.29, 0.717) is 46.5 Å². The molecular weight excluding hydrogens is 515 g/mol. The number of aliphatic hydroxyl groups is 1. The molecule has 0 saturated heterocycles.